The van der Waals surface area contributed by atoms with Crippen molar-refractivity contribution < 1.29 is 9.50 Å². The highest BCUT2D eigenvalue weighted by molar-refractivity contribution is 5.22. The lowest BCUT2D eigenvalue weighted by molar-refractivity contribution is 0.0527. The molecule has 12 heavy (non-hydrogen) atoms. The Morgan fingerprint density at radius 3 is 2.67 bits per heavy atom. The summed E-state index contributed by atoms with van der Waals surface area (Å²) >= 11 is 0. The average molecular weight is 168 g/mol. The molecule has 0 heterocycles. The number of rotatable bonds is 2. The maximum atomic E-state index is 12.7. The molecular weight excluding hydrogens is 155 g/mol. The Bertz CT molecular complexity index is 268. The fourth-order valence-corrected chi connectivity index (χ4v) is 1.03. The Balaban J connectivity index is 3.03. The third-order valence-corrected chi connectivity index (χ3v) is 2.13. The van der Waals surface area contributed by atoms with Crippen LogP contribution in [0.2, 0.25) is 0 Å². The van der Waals surface area contributed by atoms with Crippen molar-refractivity contribution in [2.24, 2.45) is 0 Å². The molecule has 1 N–H and O–H groups in total. The molecule has 66 valence electrons. The van der Waals surface area contributed by atoms with E-state index in [2.05, 4.69) is 0 Å². The number of halogens is 1. The van der Waals surface area contributed by atoms with Crippen LogP contribution in [0, 0.1) is 5.82 Å². The Morgan fingerprint density at radius 1 is 1.50 bits per heavy atom. The molecule has 0 aliphatic rings. The molecule has 0 aliphatic carbocycles. The molecule has 0 aliphatic heterocycles. The molecule has 1 aromatic carbocycles. The quantitative estimate of drug-likeness (QED) is 0.719. The van der Waals surface area contributed by atoms with Gasteiger partial charge in [-0.1, -0.05) is 19.1 Å². The van der Waals surface area contributed by atoms with Crippen LogP contribution in [0.4, 0.5) is 4.39 Å². The van der Waals surface area contributed by atoms with E-state index in [9.17, 15) is 9.50 Å². The third kappa shape index (κ3) is 1.83. The molecule has 0 aromatic heterocycles. The number of hydrogen-bond donors (Lipinski definition) is 1. The molecule has 1 aromatic rings. The Morgan fingerprint density at radius 2 is 2.17 bits per heavy atom. The summed E-state index contributed by atoms with van der Waals surface area (Å²) in [4.78, 5) is 0. The zero-order valence-electron chi connectivity index (χ0n) is 7.34. The Labute approximate surface area is 71.9 Å². The van der Waals surface area contributed by atoms with Gasteiger partial charge in [0.15, 0.2) is 0 Å². The van der Waals surface area contributed by atoms with Crippen molar-refractivity contribution in [3.05, 3.63) is 35.6 Å². The van der Waals surface area contributed by atoms with Gasteiger partial charge >= 0.3 is 0 Å². The van der Waals surface area contributed by atoms with Gasteiger partial charge in [-0.25, -0.2) is 4.39 Å². The molecule has 1 nitrogen and oxygen atoms in total. The van der Waals surface area contributed by atoms with Crippen molar-refractivity contribution in [2.75, 3.05) is 0 Å². The van der Waals surface area contributed by atoms with Crippen LogP contribution < -0.4 is 0 Å². The maximum Gasteiger partial charge on any atom is 0.123 e. The third-order valence-electron chi connectivity index (χ3n) is 2.13. The molecule has 0 amide bonds. The van der Waals surface area contributed by atoms with E-state index in [-0.39, 0.29) is 5.82 Å². The minimum absolute atomic E-state index is 0.304. The van der Waals surface area contributed by atoms with Crippen LogP contribution in [0.3, 0.4) is 0 Å². The van der Waals surface area contributed by atoms with E-state index in [1.165, 1.54) is 12.1 Å². The molecular formula is C10H13FO. The lowest BCUT2D eigenvalue weighted by Crippen LogP contribution is -2.19. The second-order valence-electron chi connectivity index (χ2n) is 3.14. The van der Waals surface area contributed by atoms with Crippen LogP contribution in [0.25, 0.3) is 0 Å². The van der Waals surface area contributed by atoms with Gasteiger partial charge in [-0.15, -0.1) is 0 Å². The van der Waals surface area contributed by atoms with Gasteiger partial charge in [-0.05, 0) is 31.0 Å². The van der Waals surface area contributed by atoms with Gasteiger partial charge in [0.1, 0.15) is 5.82 Å². The van der Waals surface area contributed by atoms with E-state index in [0.717, 1.165) is 0 Å². The smallest absolute Gasteiger partial charge is 0.123 e. The molecule has 1 atom stereocenters. The highest BCUT2D eigenvalue weighted by Gasteiger charge is 2.20. The number of benzene rings is 1. The van der Waals surface area contributed by atoms with Crippen LogP contribution in [-0.2, 0) is 5.60 Å². The van der Waals surface area contributed by atoms with Crippen LogP contribution in [0.5, 0.6) is 0 Å². The van der Waals surface area contributed by atoms with Crippen LogP contribution in [0.1, 0.15) is 25.8 Å². The van der Waals surface area contributed by atoms with E-state index in [1.807, 2.05) is 6.92 Å². The maximum absolute atomic E-state index is 12.7. The second-order valence-corrected chi connectivity index (χ2v) is 3.14. The molecule has 0 saturated heterocycles. The molecule has 0 saturated carbocycles. The van der Waals surface area contributed by atoms with Gasteiger partial charge in [0.2, 0.25) is 0 Å². The van der Waals surface area contributed by atoms with Gasteiger partial charge < -0.3 is 5.11 Å². The lowest BCUT2D eigenvalue weighted by Gasteiger charge is -2.21. The first-order chi connectivity index (χ1) is 5.56. The fourth-order valence-electron chi connectivity index (χ4n) is 1.03. The second kappa shape index (κ2) is 3.23. The van der Waals surface area contributed by atoms with Gasteiger partial charge in [-0.2, -0.15) is 0 Å². The lowest BCUT2D eigenvalue weighted by atomic mass is 9.93. The first-order valence-electron chi connectivity index (χ1n) is 4.04. The zero-order chi connectivity index (χ0) is 9.19. The van der Waals surface area contributed by atoms with E-state index >= 15 is 0 Å². The largest absolute Gasteiger partial charge is 0.385 e. The molecule has 0 fully saturated rings. The molecule has 1 rings (SSSR count). The first-order valence-corrected chi connectivity index (χ1v) is 4.04. The topological polar surface area (TPSA) is 20.2 Å². The summed E-state index contributed by atoms with van der Waals surface area (Å²) in [5.74, 6) is -0.304. The van der Waals surface area contributed by atoms with Gasteiger partial charge in [0, 0.05) is 0 Å². The van der Waals surface area contributed by atoms with Crippen molar-refractivity contribution in [3.8, 4) is 0 Å². The van der Waals surface area contributed by atoms with Gasteiger partial charge in [0.05, 0.1) is 5.60 Å². The highest BCUT2D eigenvalue weighted by atomic mass is 19.1. The van der Waals surface area contributed by atoms with E-state index < -0.39 is 5.60 Å². The van der Waals surface area contributed by atoms with Crippen molar-refractivity contribution in [2.45, 2.75) is 25.9 Å². The highest BCUT2D eigenvalue weighted by Crippen LogP contribution is 2.23. The molecule has 0 radical (unpaired) electrons. The monoisotopic (exact) mass is 168 g/mol. The number of hydrogen-bond acceptors (Lipinski definition) is 1. The van der Waals surface area contributed by atoms with Crippen molar-refractivity contribution in [3.63, 3.8) is 0 Å². The summed E-state index contributed by atoms with van der Waals surface area (Å²) in [6.45, 7) is 3.55. The summed E-state index contributed by atoms with van der Waals surface area (Å²) in [5.41, 5.74) is -0.285. The summed E-state index contributed by atoms with van der Waals surface area (Å²) in [7, 11) is 0. The van der Waals surface area contributed by atoms with Crippen LogP contribution in [0.15, 0.2) is 24.3 Å². The summed E-state index contributed by atoms with van der Waals surface area (Å²) in [5, 5.41) is 9.75. The van der Waals surface area contributed by atoms with Crippen molar-refractivity contribution in [1.82, 2.24) is 0 Å². The Kier molecular flexibility index (Phi) is 2.48. The zero-order valence-corrected chi connectivity index (χ0v) is 7.34. The SMILES string of the molecule is CC[C@@](C)(O)c1cccc(F)c1. The minimum atomic E-state index is -0.915. The molecule has 0 unspecified atom stereocenters. The predicted octanol–water partition coefficient (Wildman–Crippen LogP) is 2.44. The normalized spacial score (nSPS) is 15.7. The van der Waals surface area contributed by atoms with Crippen LogP contribution >= 0.6 is 0 Å². The Hall–Kier alpha value is -0.890. The minimum Gasteiger partial charge on any atom is -0.385 e. The molecule has 0 bridgehead atoms. The van der Waals surface area contributed by atoms with E-state index in [1.54, 1.807) is 19.1 Å². The average Bonchev–Trinajstić information content (AvgIpc) is 2.05. The predicted molar refractivity (Wildman–Crippen MR) is 46.3 cm³/mol. The van der Waals surface area contributed by atoms with Gasteiger partial charge in [-0.3, -0.25) is 0 Å². The van der Waals surface area contributed by atoms with E-state index in [0.29, 0.717) is 12.0 Å². The van der Waals surface area contributed by atoms with E-state index in [4.69, 9.17) is 0 Å². The molecule has 2 heteroatoms. The number of aliphatic hydroxyl groups is 1. The summed E-state index contributed by atoms with van der Waals surface area (Å²) < 4.78 is 12.7. The molecule has 0 spiro atoms. The fraction of sp³-hybridized carbons (Fsp3) is 0.400. The standard InChI is InChI=1S/C10H13FO/c1-3-10(2,12)8-5-4-6-9(11)7-8/h4-7,12H,3H2,1-2H3/t10-/m1/s1. The summed E-state index contributed by atoms with van der Waals surface area (Å²) in [6, 6.07) is 6.07. The summed E-state index contributed by atoms with van der Waals surface area (Å²) in [6.07, 6.45) is 0.580. The van der Waals surface area contributed by atoms with Gasteiger partial charge in [0.25, 0.3) is 0 Å². The first kappa shape index (κ1) is 9.20. The van der Waals surface area contributed by atoms with Crippen molar-refractivity contribution >= 4 is 0 Å². The van der Waals surface area contributed by atoms with Crippen molar-refractivity contribution in [1.29, 1.82) is 0 Å². The van der Waals surface area contributed by atoms with Crippen LogP contribution in [-0.4, -0.2) is 5.11 Å².